The van der Waals surface area contributed by atoms with Gasteiger partial charge in [0.2, 0.25) is 0 Å². The maximum absolute atomic E-state index is 2.45. The van der Waals surface area contributed by atoms with Crippen LogP contribution >= 0.6 is 0 Å². The van der Waals surface area contributed by atoms with E-state index < -0.39 is 5.41 Å². The van der Waals surface area contributed by atoms with Crippen LogP contribution in [0.25, 0.3) is 44.5 Å². The normalized spacial score (nSPS) is 12.4. The maximum Gasteiger partial charge on any atom is 0.0714 e. The minimum absolute atomic E-state index is 0.548. The first kappa shape index (κ1) is 33.4. The van der Waals surface area contributed by atoms with Crippen LogP contribution in [0.1, 0.15) is 22.3 Å². The fourth-order valence-electron chi connectivity index (χ4n) is 8.74. The Balaban J connectivity index is 1.20. The van der Waals surface area contributed by atoms with Gasteiger partial charge in [0.15, 0.2) is 0 Å². The quantitative estimate of drug-likeness (QED) is 0.152. The third-order valence-corrected chi connectivity index (χ3v) is 11.4. The minimum Gasteiger partial charge on any atom is -0.310 e. The van der Waals surface area contributed by atoms with Crippen LogP contribution in [-0.4, -0.2) is 0 Å². The Bertz CT molecular complexity index is 2620. The van der Waals surface area contributed by atoms with Crippen LogP contribution in [-0.2, 0) is 5.41 Å². The zero-order valence-electron chi connectivity index (χ0n) is 31.0. The number of fused-ring (bicyclic) bond motifs is 3. The topological polar surface area (TPSA) is 3.24 Å². The zero-order valence-corrected chi connectivity index (χ0v) is 31.0. The molecule has 0 bridgehead atoms. The Morgan fingerprint density at radius 2 is 0.571 bits per heavy atom. The van der Waals surface area contributed by atoms with Gasteiger partial charge < -0.3 is 4.90 Å². The first-order valence-electron chi connectivity index (χ1n) is 19.3. The molecule has 9 aromatic rings. The second kappa shape index (κ2) is 14.2. The van der Waals surface area contributed by atoms with Crippen molar-refractivity contribution in [1.82, 2.24) is 0 Å². The lowest BCUT2D eigenvalue weighted by molar-refractivity contribution is 0.768. The van der Waals surface area contributed by atoms with Crippen molar-refractivity contribution in [2.75, 3.05) is 4.90 Å². The SMILES string of the molecule is c1ccc(-c2ccc(N(c3ccc(-c4ccccc4)cc3)c3ccc4c(c3)C(c3ccccc3)(c3ccccc3)c3cc(-c5ccccc5)ccc3-4)cc2)cc1. The van der Waals surface area contributed by atoms with Crippen molar-refractivity contribution in [2.45, 2.75) is 5.41 Å². The lowest BCUT2D eigenvalue weighted by Gasteiger charge is -2.35. The van der Waals surface area contributed by atoms with Crippen molar-refractivity contribution in [1.29, 1.82) is 0 Å². The van der Waals surface area contributed by atoms with E-state index in [9.17, 15) is 0 Å². The summed E-state index contributed by atoms with van der Waals surface area (Å²) in [4.78, 5) is 2.41. The summed E-state index contributed by atoms with van der Waals surface area (Å²) < 4.78 is 0. The predicted molar refractivity (Wildman–Crippen MR) is 235 cm³/mol. The van der Waals surface area contributed by atoms with E-state index in [1.54, 1.807) is 0 Å². The van der Waals surface area contributed by atoms with Crippen LogP contribution in [0.5, 0.6) is 0 Å². The Hall–Kier alpha value is -7.22. The average molecular weight is 714 g/mol. The van der Waals surface area contributed by atoms with Crippen LogP contribution in [0.4, 0.5) is 17.1 Å². The van der Waals surface area contributed by atoms with Gasteiger partial charge in [-0.15, -0.1) is 0 Å². The summed E-state index contributed by atoms with van der Waals surface area (Å²) in [6.07, 6.45) is 0. The highest BCUT2D eigenvalue weighted by Gasteiger charge is 2.46. The predicted octanol–water partition coefficient (Wildman–Crippen LogP) is 14.5. The molecule has 0 spiro atoms. The number of hydrogen-bond donors (Lipinski definition) is 0. The summed E-state index contributed by atoms with van der Waals surface area (Å²) in [5.41, 5.74) is 17.6. The number of hydrogen-bond acceptors (Lipinski definition) is 1. The molecule has 1 nitrogen and oxygen atoms in total. The van der Waals surface area contributed by atoms with E-state index in [1.807, 2.05) is 0 Å². The fourth-order valence-corrected chi connectivity index (χ4v) is 8.74. The molecule has 0 N–H and O–H groups in total. The molecule has 0 amide bonds. The summed E-state index contributed by atoms with van der Waals surface area (Å²) in [5, 5.41) is 0. The van der Waals surface area contributed by atoms with E-state index in [-0.39, 0.29) is 0 Å². The third kappa shape index (κ3) is 5.73. The summed E-state index contributed by atoms with van der Waals surface area (Å²) in [6, 6.07) is 86.2. The molecule has 0 atom stereocenters. The summed E-state index contributed by atoms with van der Waals surface area (Å²) in [7, 11) is 0. The van der Waals surface area contributed by atoms with Gasteiger partial charge in [-0.3, -0.25) is 0 Å². The Labute approximate surface area is 329 Å². The molecule has 0 heterocycles. The Kier molecular flexibility index (Phi) is 8.46. The van der Waals surface area contributed by atoms with Gasteiger partial charge in [-0.25, -0.2) is 0 Å². The molecule has 0 unspecified atom stereocenters. The van der Waals surface area contributed by atoms with Crippen molar-refractivity contribution in [3.63, 3.8) is 0 Å². The molecule has 56 heavy (non-hydrogen) atoms. The number of nitrogens with zero attached hydrogens (tertiary/aromatic N) is 1. The molecule has 0 radical (unpaired) electrons. The summed E-state index contributed by atoms with van der Waals surface area (Å²) >= 11 is 0. The van der Waals surface area contributed by atoms with E-state index in [0.29, 0.717) is 0 Å². The van der Waals surface area contributed by atoms with E-state index in [1.165, 1.54) is 66.8 Å². The van der Waals surface area contributed by atoms with Crippen molar-refractivity contribution in [3.8, 4) is 44.5 Å². The molecule has 0 saturated heterocycles. The smallest absolute Gasteiger partial charge is 0.0714 e. The van der Waals surface area contributed by atoms with Crippen LogP contribution in [0.3, 0.4) is 0 Å². The molecule has 1 heteroatoms. The van der Waals surface area contributed by atoms with Gasteiger partial charge in [0.1, 0.15) is 0 Å². The van der Waals surface area contributed by atoms with Gasteiger partial charge in [0.25, 0.3) is 0 Å². The van der Waals surface area contributed by atoms with Crippen LogP contribution in [0.15, 0.2) is 237 Å². The molecular formula is C55H39N. The standard InChI is InChI=1S/C55H39N/c1-6-16-40(17-7-1)43-26-31-48(32-27-43)56(49-33-28-44(29-34-49)41-18-8-2-9-19-41)50-35-37-52-51-36-30-45(42-20-10-3-11-21-42)38-53(51)55(54(52)39-50,46-22-12-4-13-23-46)47-24-14-5-15-25-47/h1-39H. The highest BCUT2D eigenvalue weighted by atomic mass is 15.1. The maximum atomic E-state index is 2.45. The van der Waals surface area contributed by atoms with E-state index in [2.05, 4.69) is 241 Å². The molecule has 10 rings (SSSR count). The van der Waals surface area contributed by atoms with Gasteiger partial charge in [0.05, 0.1) is 5.41 Å². The summed E-state index contributed by atoms with van der Waals surface area (Å²) in [5.74, 6) is 0. The molecule has 0 saturated carbocycles. The highest BCUT2D eigenvalue weighted by Crippen LogP contribution is 2.58. The number of rotatable bonds is 8. The van der Waals surface area contributed by atoms with Crippen molar-refractivity contribution < 1.29 is 0 Å². The van der Waals surface area contributed by atoms with Gasteiger partial charge in [-0.2, -0.15) is 0 Å². The number of anilines is 3. The fraction of sp³-hybridized carbons (Fsp3) is 0.0182. The lowest BCUT2D eigenvalue weighted by atomic mass is 9.67. The van der Waals surface area contributed by atoms with E-state index >= 15 is 0 Å². The Morgan fingerprint density at radius 3 is 1.02 bits per heavy atom. The second-order valence-corrected chi connectivity index (χ2v) is 14.5. The molecule has 0 fully saturated rings. The monoisotopic (exact) mass is 713 g/mol. The molecule has 264 valence electrons. The molecule has 0 aliphatic heterocycles. The van der Waals surface area contributed by atoms with E-state index in [0.717, 1.165) is 17.1 Å². The summed E-state index contributed by atoms with van der Waals surface area (Å²) in [6.45, 7) is 0. The van der Waals surface area contributed by atoms with Crippen LogP contribution < -0.4 is 4.90 Å². The van der Waals surface area contributed by atoms with Crippen molar-refractivity contribution >= 4 is 17.1 Å². The minimum atomic E-state index is -0.548. The van der Waals surface area contributed by atoms with Gasteiger partial charge in [-0.05, 0) is 109 Å². The van der Waals surface area contributed by atoms with Crippen LogP contribution in [0, 0.1) is 0 Å². The van der Waals surface area contributed by atoms with Crippen molar-refractivity contribution in [2.24, 2.45) is 0 Å². The molecule has 1 aliphatic carbocycles. The molecular weight excluding hydrogens is 675 g/mol. The van der Waals surface area contributed by atoms with Gasteiger partial charge >= 0.3 is 0 Å². The molecule has 0 aromatic heterocycles. The van der Waals surface area contributed by atoms with E-state index in [4.69, 9.17) is 0 Å². The number of benzene rings is 9. The zero-order chi connectivity index (χ0) is 37.3. The van der Waals surface area contributed by atoms with Gasteiger partial charge in [0, 0.05) is 17.1 Å². The first-order valence-corrected chi connectivity index (χ1v) is 19.3. The van der Waals surface area contributed by atoms with Gasteiger partial charge in [-0.1, -0.05) is 194 Å². The lowest BCUT2D eigenvalue weighted by Crippen LogP contribution is -2.28. The second-order valence-electron chi connectivity index (χ2n) is 14.5. The third-order valence-electron chi connectivity index (χ3n) is 11.4. The van der Waals surface area contributed by atoms with Crippen LogP contribution in [0.2, 0.25) is 0 Å². The van der Waals surface area contributed by atoms with Crippen molar-refractivity contribution in [3.05, 3.63) is 259 Å². The molecule has 9 aromatic carbocycles. The highest BCUT2D eigenvalue weighted by molar-refractivity contribution is 5.91. The first-order chi connectivity index (χ1) is 27.8. The largest absolute Gasteiger partial charge is 0.310 e. The Morgan fingerprint density at radius 1 is 0.250 bits per heavy atom. The average Bonchev–Trinajstić information content (AvgIpc) is 3.58. The molecule has 1 aliphatic rings.